The van der Waals surface area contributed by atoms with E-state index in [2.05, 4.69) is 45.0 Å². The highest BCUT2D eigenvalue weighted by atomic mass is 28.4. The van der Waals surface area contributed by atoms with Gasteiger partial charge in [-0.25, -0.2) is 4.90 Å². The lowest BCUT2D eigenvalue weighted by Gasteiger charge is -2.44. The minimum Gasteiger partial charge on any atom is -0.459 e. The number of aliphatic hydroxyl groups excluding tert-OH is 3. The van der Waals surface area contributed by atoms with Crippen molar-refractivity contribution in [2.75, 3.05) is 18.1 Å². The van der Waals surface area contributed by atoms with E-state index in [1.165, 1.54) is 24.3 Å². The first-order valence-electron chi connectivity index (χ1n) is 19.1. The van der Waals surface area contributed by atoms with Crippen molar-refractivity contribution in [2.24, 2.45) is 17.8 Å². The number of hydrogen-bond acceptors (Lipinski definition) is 9. The van der Waals surface area contributed by atoms with Crippen LogP contribution in [0.25, 0.3) is 6.08 Å². The number of furan rings is 1. The molecule has 1 aliphatic carbocycles. The number of anilines is 1. The van der Waals surface area contributed by atoms with E-state index in [-0.39, 0.29) is 42.5 Å². The largest absolute Gasteiger partial charge is 0.459 e. The van der Waals surface area contributed by atoms with Crippen molar-refractivity contribution in [3.05, 3.63) is 135 Å². The summed E-state index contributed by atoms with van der Waals surface area (Å²) in [4.78, 5) is 40.6. The Kier molecular flexibility index (Phi) is 12.4. The number of non-ortho nitro benzene ring substituents is 1. The lowest BCUT2D eigenvalue weighted by molar-refractivity contribution is -0.384. The summed E-state index contributed by atoms with van der Waals surface area (Å²) in [5.74, 6) is -2.82. The standard InChI is InChI=1S/C44H50N2O9Si/c1-5-29(23-33-20-21-34(26-47)55-33)19-22-39(49)40-30(28-54-56(44(2,3)4,35-15-8-6-9-16-35)36-17-10-7-11-18-36)24-37-41(38(40)27-48)43(51)45(42(37)50)31-13-12-14-32(25-31)46(52)53/h6-18,20-21,23,25,37-39,41,47-49H,5,19,22,24,26-28H2,1-4H3/b29-23+/t37-,38+,39-,41-/m1/s1. The molecule has 6 rings (SSSR count). The van der Waals surface area contributed by atoms with Crippen molar-refractivity contribution >= 4 is 48.0 Å². The lowest BCUT2D eigenvalue weighted by atomic mass is 9.68. The molecule has 1 fully saturated rings. The zero-order valence-corrected chi connectivity index (χ0v) is 33.3. The molecule has 4 aromatic rings. The van der Waals surface area contributed by atoms with Gasteiger partial charge in [-0.2, -0.15) is 0 Å². The van der Waals surface area contributed by atoms with Crippen LogP contribution in [0.3, 0.4) is 0 Å². The number of fused-ring (bicyclic) bond motifs is 1. The molecule has 1 aromatic heterocycles. The average molecular weight is 779 g/mol. The summed E-state index contributed by atoms with van der Waals surface area (Å²) < 4.78 is 13.0. The molecule has 56 heavy (non-hydrogen) atoms. The third-order valence-corrected chi connectivity index (χ3v) is 16.3. The Morgan fingerprint density at radius 3 is 2.20 bits per heavy atom. The quantitative estimate of drug-likeness (QED) is 0.0413. The Hall–Kier alpha value is -4.98. The molecule has 4 atom stereocenters. The van der Waals surface area contributed by atoms with Crippen LogP contribution >= 0.6 is 0 Å². The molecular formula is C44H50N2O9Si. The smallest absolute Gasteiger partial charge is 0.271 e. The zero-order chi connectivity index (χ0) is 40.2. The topological polar surface area (TPSA) is 164 Å². The highest BCUT2D eigenvalue weighted by Gasteiger charge is 2.56. The molecule has 1 saturated heterocycles. The second-order valence-corrected chi connectivity index (χ2v) is 19.9. The van der Waals surface area contributed by atoms with Crippen LogP contribution in [0.2, 0.25) is 5.04 Å². The van der Waals surface area contributed by atoms with Gasteiger partial charge in [-0.05, 0) is 76.5 Å². The van der Waals surface area contributed by atoms with Gasteiger partial charge in [0, 0.05) is 18.1 Å². The summed E-state index contributed by atoms with van der Waals surface area (Å²) in [6.45, 7) is 7.81. The molecular weight excluding hydrogens is 729 g/mol. The van der Waals surface area contributed by atoms with E-state index in [0.717, 1.165) is 20.8 Å². The maximum absolute atomic E-state index is 14.3. The molecule has 0 bridgehead atoms. The van der Waals surface area contributed by atoms with Gasteiger partial charge < -0.3 is 24.2 Å². The number of aliphatic hydroxyl groups is 3. The predicted octanol–water partition coefficient (Wildman–Crippen LogP) is 6.31. The minimum absolute atomic E-state index is 0.0461. The van der Waals surface area contributed by atoms with Gasteiger partial charge in [0.1, 0.15) is 18.1 Å². The minimum atomic E-state index is -3.11. The monoisotopic (exact) mass is 778 g/mol. The number of benzene rings is 3. The summed E-state index contributed by atoms with van der Waals surface area (Å²) in [7, 11) is -3.11. The molecule has 2 aliphatic rings. The van der Waals surface area contributed by atoms with Crippen LogP contribution in [0.5, 0.6) is 0 Å². The summed E-state index contributed by atoms with van der Waals surface area (Å²) >= 11 is 0. The summed E-state index contributed by atoms with van der Waals surface area (Å²) in [6, 6.07) is 29.1. The maximum Gasteiger partial charge on any atom is 0.271 e. The fourth-order valence-electron chi connectivity index (χ4n) is 8.64. The van der Waals surface area contributed by atoms with Crippen molar-refractivity contribution in [3.8, 4) is 0 Å². The van der Waals surface area contributed by atoms with Crippen LogP contribution in [0.1, 0.15) is 64.9 Å². The molecule has 3 N–H and O–H groups in total. The second kappa shape index (κ2) is 17.0. The van der Waals surface area contributed by atoms with Crippen LogP contribution in [0.4, 0.5) is 11.4 Å². The van der Waals surface area contributed by atoms with Gasteiger partial charge >= 0.3 is 0 Å². The molecule has 0 saturated carbocycles. The predicted molar refractivity (Wildman–Crippen MR) is 217 cm³/mol. The Balaban J connectivity index is 1.42. The van der Waals surface area contributed by atoms with Crippen LogP contribution in [-0.4, -0.2) is 59.7 Å². The molecule has 2 amide bonds. The molecule has 11 nitrogen and oxygen atoms in total. The normalized spacial score (nSPS) is 19.7. The van der Waals surface area contributed by atoms with Gasteiger partial charge in [0.25, 0.3) is 14.0 Å². The Morgan fingerprint density at radius 2 is 1.64 bits per heavy atom. The third-order valence-electron chi connectivity index (χ3n) is 11.3. The van der Waals surface area contributed by atoms with Gasteiger partial charge in [-0.3, -0.25) is 19.7 Å². The number of nitro benzene ring substituents is 1. The van der Waals surface area contributed by atoms with Crippen LogP contribution in [-0.2, 0) is 20.6 Å². The number of carbonyl (C=O) groups excluding carboxylic acids is 2. The third kappa shape index (κ3) is 7.85. The second-order valence-electron chi connectivity index (χ2n) is 15.6. The number of allylic oxidation sites excluding steroid dienone is 1. The van der Waals surface area contributed by atoms with Gasteiger partial charge in [0.05, 0.1) is 41.8 Å². The van der Waals surface area contributed by atoms with Crippen LogP contribution in [0, 0.1) is 27.9 Å². The van der Waals surface area contributed by atoms with E-state index in [1.54, 1.807) is 12.1 Å². The number of amides is 2. The molecule has 0 spiro atoms. The van der Waals surface area contributed by atoms with Crippen molar-refractivity contribution in [1.29, 1.82) is 0 Å². The summed E-state index contributed by atoms with van der Waals surface area (Å²) in [5, 5.41) is 46.1. The number of rotatable bonds is 15. The highest BCUT2D eigenvalue weighted by Crippen LogP contribution is 2.48. The molecule has 12 heteroatoms. The SMILES string of the molecule is CC/C(=C\c1ccc(CO)o1)CC[C@@H](O)C1=C(CO[Si](c2ccccc2)(c2ccccc2)C(C)(C)C)C[C@H]2C(=O)N(c3cccc([N+](=O)[O-])c3)C(=O)[C@H]2[C@H]1CO. The van der Waals surface area contributed by atoms with E-state index in [4.69, 9.17) is 8.84 Å². The van der Waals surface area contributed by atoms with Gasteiger partial charge in [0.2, 0.25) is 11.8 Å². The number of carbonyl (C=O) groups is 2. The maximum atomic E-state index is 14.3. The summed E-state index contributed by atoms with van der Waals surface area (Å²) in [5.41, 5.74) is 1.98. The van der Waals surface area contributed by atoms with E-state index in [1.807, 2.05) is 49.4 Å². The van der Waals surface area contributed by atoms with Gasteiger partial charge in [0.15, 0.2) is 0 Å². The lowest BCUT2D eigenvalue weighted by Crippen LogP contribution is -2.66. The number of imide groups is 1. The molecule has 1 aliphatic heterocycles. The fourth-order valence-corrected chi connectivity index (χ4v) is 13.2. The highest BCUT2D eigenvalue weighted by molar-refractivity contribution is 6.99. The first-order chi connectivity index (χ1) is 26.8. The van der Waals surface area contributed by atoms with Crippen molar-refractivity contribution in [2.45, 2.75) is 71.1 Å². The number of nitro groups is 1. The molecule has 2 heterocycles. The average Bonchev–Trinajstić information content (AvgIpc) is 3.76. The summed E-state index contributed by atoms with van der Waals surface area (Å²) in [6.07, 6.45) is 2.30. The van der Waals surface area contributed by atoms with E-state index >= 15 is 0 Å². The Morgan fingerprint density at radius 1 is 0.982 bits per heavy atom. The molecule has 0 radical (unpaired) electrons. The Labute approximate surface area is 328 Å². The van der Waals surface area contributed by atoms with Crippen LogP contribution < -0.4 is 15.3 Å². The van der Waals surface area contributed by atoms with Crippen molar-refractivity contribution in [1.82, 2.24) is 0 Å². The van der Waals surface area contributed by atoms with Gasteiger partial charge in [-0.1, -0.05) is 100.0 Å². The zero-order valence-electron chi connectivity index (χ0n) is 32.3. The number of nitrogens with zero attached hydrogens (tertiary/aromatic N) is 2. The van der Waals surface area contributed by atoms with E-state index in [9.17, 15) is 35.0 Å². The first kappa shape index (κ1) is 40.7. The molecule has 294 valence electrons. The van der Waals surface area contributed by atoms with Crippen molar-refractivity contribution in [3.63, 3.8) is 0 Å². The first-order valence-corrected chi connectivity index (χ1v) is 21.0. The van der Waals surface area contributed by atoms with Crippen molar-refractivity contribution < 1.29 is 38.7 Å². The van der Waals surface area contributed by atoms with E-state index < -0.39 is 55.5 Å². The molecule has 3 aromatic carbocycles. The van der Waals surface area contributed by atoms with Crippen LogP contribution in [0.15, 0.2) is 118 Å². The van der Waals surface area contributed by atoms with Gasteiger partial charge in [-0.15, -0.1) is 0 Å². The van der Waals surface area contributed by atoms with E-state index in [0.29, 0.717) is 35.5 Å². The molecule has 0 unspecified atom stereocenters. The number of hydrogen-bond donors (Lipinski definition) is 3. The Bertz CT molecular complexity index is 2070. The fraction of sp³-hybridized carbons (Fsp3) is 0.364.